The second-order valence-corrected chi connectivity index (χ2v) is 5.74. The van der Waals surface area contributed by atoms with E-state index in [4.69, 9.17) is 9.47 Å². The van der Waals surface area contributed by atoms with Crippen molar-refractivity contribution in [3.05, 3.63) is 23.3 Å². The Morgan fingerprint density at radius 3 is 2.52 bits per heavy atom. The van der Waals surface area contributed by atoms with Gasteiger partial charge in [-0.15, -0.1) is 0 Å². The molecule has 1 fully saturated rings. The molecule has 0 bridgehead atoms. The van der Waals surface area contributed by atoms with Crippen LogP contribution in [0.15, 0.2) is 12.1 Å². The van der Waals surface area contributed by atoms with Crippen molar-refractivity contribution in [2.24, 2.45) is 0 Å². The Bertz CT molecular complexity index is 586. The number of halogens is 2. The summed E-state index contributed by atoms with van der Waals surface area (Å²) in [4.78, 5) is 11.8. The highest BCUT2D eigenvalue weighted by molar-refractivity contribution is 5.84. The van der Waals surface area contributed by atoms with E-state index in [-0.39, 0.29) is 18.1 Å². The summed E-state index contributed by atoms with van der Waals surface area (Å²) in [6, 6.07) is 2.50. The second-order valence-electron chi connectivity index (χ2n) is 5.74. The van der Waals surface area contributed by atoms with Gasteiger partial charge in [-0.05, 0) is 25.0 Å². The van der Waals surface area contributed by atoms with Crippen molar-refractivity contribution in [3.8, 4) is 11.5 Å². The topological polar surface area (TPSA) is 55.8 Å². The molecule has 1 N–H and O–H groups in total. The Kier molecular flexibility index (Phi) is 3.07. The van der Waals surface area contributed by atoms with Gasteiger partial charge in [0.2, 0.25) is 6.79 Å². The van der Waals surface area contributed by atoms with Crippen molar-refractivity contribution >= 4 is 5.97 Å². The fourth-order valence-electron chi connectivity index (χ4n) is 3.20. The van der Waals surface area contributed by atoms with Crippen LogP contribution in [-0.2, 0) is 16.1 Å². The van der Waals surface area contributed by atoms with E-state index in [1.807, 2.05) is 0 Å². The third-order valence-electron chi connectivity index (χ3n) is 4.36. The van der Waals surface area contributed by atoms with Gasteiger partial charge < -0.3 is 14.6 Å². The van der Waals surface area contributed by atoms with Crippen LogP contribution in [0, 0.1) is 0 Å². The van der Waals surface area contributed by atoms with Crippen LogP contribution in [0.5, 0.6) is 11.5 Å². The molecule has 0 spiro atoms. The number of fused-ring (bicyclic) bond motifs is 1. The first-order valence-corrected chi connectivity index (χ1v) is 6.90. The lowest BCUT2D eigenvalue weighted by Gasteiger charge is -2.27. The summed E-state index contributed by atoms with van der Waals surface area (Å²) < 4.78 is 37.9. The SMILES string of the molecule is CC(F)(F)c1cc2c(c(C3(C(=O)O)CCCC3)c1)OCO2. The van der Waals surface area contributed by atoms with Gasteiger partial charge in [-0.1, -0.05) is 12.8 Å². The molecule has 114 valence electrons. The number of rotatable bonds is 3. The predicted octanol–water partition coefficient (Wildman–Crippen LogP) is 3.42. The molecular weight excluding hydrogens is 282 g/mol. The molecule has 0 saturated heterocycles. The predicted molar refractivity (Wildman–Crippen MR) is 69.9 cm³/mol. The molecule has 0 aromatic heterocycles. The first-order chi connectivity index (χ1) is 9.84. The Balaban J connectivity index is 2.21. The third-order valence-corrected chi connectivity index (χ3v) is 4.36. The van der Waals surface area contributed by atoms with Gasteiger partial charge in [0.15, 0.2) is 11.5 Å². The average molecular weight is 298 g/mol. The molecule has 4 nitrogen and oxygen atoms in total. The number of carbonyl (C=O) groups is 1. The summed E-state index contributed by atoms with van der Waals surface area (Å²) in [6.07, 6.45) is 2.37. The fourth-order valence-corrected chi connectivity index (χ4v) is 3.20. The molecule has 1 aliphatic carbocycles. The Morgan fingerprint density at radius 1 is 1.29 bits per heavy atom. The lowest BCUT2D eigenvalue weighted by atomic mass is 9.77. The number of hydrogen-bond donors (Lipinski definition) is 1. The molecule has 0 radical (unpaired) electrons. The highest BCUT2D eigenvalue weighted by Gasteiger charge is 2.47. The van der Waals surface area contributed by atoms with E-state index in [0.717, 1.165) is 19.8 Å². The molecular formula is C15H16F2O4. The van der Waals surface area contributed by atoms with Gasteiger partial charge in [0.25, 0.3) is 5.92 Å². The quantitative estimate of drug-likeness (QED) is 0.929. The minimum absolute atomic E-state index is 0.0726. The number of aliphatic carboxylic acids is 1. The maximum absolute atomic E-state index is 13.7. The number of hydrogen-bond acceptors (Lipinski definition) is 3. The van der Waals surface area contributed by atoms with Gasteiger partial charge in [0, 0.05) is 18.1 Å². The molecule has 6 heteroatoms. The molecule has 1 heterocycles. The summed E-state index contributed by atoms with van der Waals surface area (Å²) in [5, 5.41) is 9.66. The summed E-state index contributed by atoms with van der Waals surface area (Å²) in [6.45, 7) is 0.715. The van der Waals surface area contributed by atoms with Crippen LogP contribution >= 0.6 is 0 Å². The summed E-state index contributed by atoms with van der Waals surface area (Å²) in [5.41, 5.74) is -1.08. The van der Waals surface area contributed by atoms with Crippen LogP contribution in [0.4, 0.5) is 8.78 Å². The molecule has 1 aliphatic heterocycles. The number of carboxylic acids is 1. The molecule has 2 aliphatic rings. The van der Waals surface area contributed by atoms with Gasteiger partial charge >= 0.3 is 5.97 Å². The van der Waals surface area contributed by atoms with Gasteiger partial charge in [0.05, 0.1) is 5.41 Å². The molecule has 1 aromatic carbocycles. The molecule has 1 aromatic rings. The van der Waals surface area contributed by atoms with E-state index in [2.05, 4.69) is 0 Å². The van der Waals surface area contributed by atoms with Crippen LogP contribution in [0.1, 0.15) is 43.7 Å². The van der Waals surface area contributed by atoms with Gasteiger partial charge in [-0.2, -0.15) is 0 Å². The number of ether oxygens (including phenoxy) is 2. The number of alkyl halides is 2. The third kappa shape index (κ3) is 2.13. The number of carboxylic acid groups (broad SMARTS) is 1. The normalized spacial score (nSPS) is 19.8. The zero-order chi connectivity index (χ0) is 15.3. The lowest BCUT2D eigenvalue weighted by molar-refractivity contribution is -0.143. The van der Waals surface area contributed by atoms with Crippen LogP contribution in [0.3, 0.4) is 0 Å². The van der Waals surface area contributed by atoms with Crippen LogP contribution < -0.4 is 9.47 Å². The van der Waals surface area contributed by atoms with Gasteiger partial charge in [-0.3, -0.25) is 4.79 Å². The van der Waals surface area contributed by atoms with Crippen molar-refractivity contribution in [2.75, 3.05) is 6.79 Å². The van der Waals surface area contributed by atoms with E-state index in [1.54, 1.807) is 0 Å². The minimum Gasteiger partial charge on any atom is -0.481 e. The summed E-state index contributed by atoms with van der Waals surface area (Å²) in [7, 11) is 0. The van der Waals surface area contributed by atoms with E-state index < -0.39 is 17.3 Å². The minimum atomic E-state index is -3.06. The highest BCUT2D eigenvalue weighted by atomic mass is 19.3. The van der Waals surface area contributed by atoms with Crippen molar-refractivity contribution in [3.63, 3.8) is 0 Å². The summed E-state index contributed by atoms with van der Waals surface area (Å²) in [5.74, 6) is -3.55. The van der Waals surface area contributed by atoms with Crippen molar-refractivity contribution < 1.29 is 28.2 Å². The highest BCUT2D eigenvalue weighted by Crippen LogP contribution is 2.51. The smallest absolute Gasteiger partial charge is 0.314 e. The van der Waals surface area contributed by atoms with Gasteiger partial charge in [0.1, 0.15) is 0 Å². The first-order valence-electron chi connectivity index (χ1n) is 6.90. The first kappa shape index (κ1) is 14.1. The van der Waals surface area contributed by atoms with E-state index in [9.17, 15) is 18.7 Å². The Morgan fingerprint density at radius 2 is 1.95 bits per heavy atom. The molecule has 21 heavy (non-hydrogen) atoms. The molecule has 0 unspecified atom stereocenters. The zero-order valence-electron chi connectivity index (χ0n) is 11.6. The van der Waals surface area contributed by atoms with Gasteiger partial charge in [-0.25, -0.2) is 8.78 Å². The molecule has 1 saturated carbocycles. The van der Waals surface area contributed by atoms with E-state index in [1.165, 1.54) is 12.1 Å². The number of benzene rings is 1. The maximum atomic E-state index is 13.7. The Labute approximate surface area is 120 Å². The largest absolute Gasteiger partial charge is 0.481 e. The second kappa shape index (κ2) is 4.58. The van der Waals surface area contributed by atoms with Crippen molar-refractivity contribution in [2.45, 2.75) is 43.9 Å². The Hall–Kier alpha value is -1.85. The van der Waals surface area contributed by atoms with E-state index in [0.29, 0.717) is 24.2 Å². The van der Waals surface area contributed by atoms with Crippen molar-refractivity contribution in [1.82, 2.24) is 0 Å². The monoisotopic (exact) mass is 298 g/mol. The molecule has 3 rings (SSSR count). The van der Waals surface area contributed by atoms with Crippen molar-refractivity contribution in [1.29, 1.82) is 0 Å². The van der Waals surface area contributed by atoms with Crippen LogP contribution in [0.2, 0.25) is 0 Å². The van der Waals surface area contributed by atoms with E-state index >= 15 is 0 Å². The average Bonchev–Trinajstić information content (AvgIpc) is 3.06. The maximum Gasteiger partial charge on any atom is 0.314 e. The molecule has 0 atom stereocenters. The van der Waals surface area contributed by atoms with Crippen LogP contribution in [0.25, 0.3) is 0 Å². The van der Waals surface area contributed by atoms with Crippen LogP contribution in [-0.4, -0.2) is 17.9 Å². The molecule has 0 amide bonds. The standard InChI is InChI=1S/C15H16F2O4/c1-14(16,17)9-6-10(12-11(7-9)20-8-21-12)15(13(18)19)4-2-3-5-15/h6-7H,2-5,8H2,1H3,(H,18,19). The fraction of sp³-hybridized carbons (Fsp3) is 0.533. The summed E-state index contributed by atoms with van der Waals surface area (Å²) >= 11 is 0. The lowest BCUT2D eigenvalue weighted by Crippen LogP contribution is -2.33. The zero-order valence-corrected chi connectivity index (χ0v) is 11.6.